The molecule has 0 radical (unpaired) electrons. The lowest BCUT2D eigenvalue weighted by atomic mass is 9.92. The number of nitrogen functional groups attached to an aromatic ring is 1. The number of phenolic OH excluding ortho intramolecular Hbond substituents is 1. The molecule has 90 valence electrons. The van der Waals surface area contributed by atoms with Crippen LogP contribution < -0.4 is 10.6 Å². The summed E-state index contributed by atoms with van der Waals surface area (Å²) in [7, 11) is 0. The first-order valence-corrected chi connectivity index (χ1v) is 5.29. The third kappa shape index (κ3) is 1.73. The van der Waals surface area contributed by atoms with Crippen LogP contribution >= 0.6 is 0 Å². The van der Waals surface area contributed by atoms with E-state index in [0.717, 1.165) is 4.90 Å². The van der Waals surface area contributed by atoms with Gasteiger partial charge in [-0.15, -0.1) is 0 Å². The lowest BCUT2D eigenvalue weighted by Gasteiger charge is -2.19. The van der Waals surface area contributed by atoms with Crippen LogP contribution in [-0.2, 0) is 9.59 Å². The fourth-order valence-corrected chi connectivity index (χ4v) is 1.94. The van der Waals surface area contributed by atoms with Crippen LogP contribution in [0.1, 0.15) is 20.3 Å². The highest BCUT2D eigenvalue weighted by Gasteiger charge is 2.45. The van der Waals surface area contributed by atoms with Gasteiger partial charge in [0.15, 0.2) is 0 Å². The van der Waals surface area contributed by atoms with Crippen LogP contribution in [0.5, 0.6) is 5.75 Å². The Kier molecular flexibility index (Phi) is 2.34. The molecule has 1 aromatic carbocycles. The molecule has 2 amide bonds. The molecule has 5 nitrogen and oxygen atoms in total. The van der Waals surface area contributed by atoms with Gasteiger partial charge in [0.25, 0.3) is 0 Å². The number of carbonyl (C=O) groups excluding carboxylic acids is 2. The Morgan fingerprint density at radius 1 is 1.35 bits per heavy atom. The lowest BCUT2D eigenvalue weighted by molar-refractivity contribution is -0.124. The molecule has 0 unspecified atom stereocenters. The second-order valence-corrected chi connectivity index (χ2v) is 4.84. The van der Waals surface area contributed by atoms with Crippen molar-refractivity contribution >= 4 is 23.2 Å². The molecule has 0 aliphatic carbocycles. The van der Waals surface area contributed by atoms with Gasteiger partial charge in [-0.2, -0.15) is 0 Å². The second kappa shape index (κ2) is 3.48. The number of hydrogen-bond acceptors (Lipinski definition) is 4. The van der Waals surface area contributed by atoms with Gasteiger partial charge in [-0.3, -0.25) is 9.59 Å². The van der Waals surface area contributed by atoms with Gasteiger partial charge in [0.2, 0.25) is 11.8 Å². The van der Waals surface area contributed by atoms with Crippen molar-refractivity contribution in [3.8, 4) is 5.75 Å². The summed E-state index contributed by atoms with van der Waals surface area (Å²) in [6.07, 6.45) is 0.173. The van der Waals surface area contributed by atoms with E-state index in [0.29, 0.717) is 5.69 Å². The van der Waals surface area contributed by atoms with Crippen molar-refractivity contribution in [3.63, 3.8) is 0 Å². The highest BCUT2D eigenvalue weighted by molar-refractivity contribution is 6.23. The van der Waals surface area contributed by atoms with Crippen LogP contribution in [0.25, 0.3) is 0 Å². The second-order valence-electron chi connectivity index (χ2n) is 4.84. The average molecular weight is 234 g/mol. The monoisotopic (exact) mass is 234 g/mol. The molecule has 1 aliphatic rings. The predicted octanol–water partition coefficient (Wildman–Crippen LogP) is 1.26. The van der Waals surface area contributed by atoms with Gasteiger partial charge < -0.3 is 10.8 Å². The topological polar surface area (TPSA) is 83.6 Å². The van der Waals surface area contributed by atoms with Crippen molar-refractivity contribution in [1.82, 2.24) is 0 Å². The van der Waals surface area contributed by atoms with Crippen molar-refractivity contribution in [2.24, 2.45) is 5.41 Å². The van der Waals surface area contributed by atoms with Crippen molar-refractivity contribution in [1.29, 1.82) is 0 Å². The number of aromatic hydroxyl groups is 1. The number of carbonyl (C=O) groups is 2. The van der Waals surface area contributed by atoms with Crippen molar-refractivity contribution in [3.05, 3.63) is 18.2 Å². The van der Waals surface area contributed by atoms with E-state index in [9.17, 15) is 14.7 Å². The Labute approximate surface area is 98.8 Å². The number of nitrogens with zero attached hydrogens (tertiary/aromatic N) is 1. The fraction of sp³-hybridized carbons (Fsp3) is 0.333. The van der Waals surface area contributed by atoms with Crippen LogP contribution in [0, 0.1) is 5.41 Å². The summed E-state index contributed by atoms with van der Waals surface area (Å²) in [4.78, 5) is 25.0. The third-order valence-corrected chi connectivity index (χ3v) is 2.88. The fourth-order valence-electron chi connectivity index (χ4n) is 1.94. The van der Waals surface area contributed by atoms with Crippen LogP contribution in [0.2, 0.25) is 0 Å². The molecular formula is C12H14N2O3. The van der Waals surface area contributed by atoms with Crippen LogP contribution in [0.3, 0.4) is 0 Å². The highest BCUT2D eigenvalue weighted by Crippen LogP contribution is 2.38. The molecule has 1 aliphatic heterocycles. The minimum atomic E-state index is -0.693. The first-order valence-electron chi connectivity index (χ1n) is 5.29. The number of rotatable bonds is 1. The van der Waals surface area contributed by atoms with Gasteiger partial charge in [-0.1, -0.05) is 13.8 Å². The van der Waals surface area contributed by atoms with E-state index in [1.54, 1.807) is 13.8 Å². The maximum absolute atomic E-state index is 12.1. The molecule has 1 fully saturated rings. The number of nitrogens with two attached hydrogens (primary N) is 1. The molecule has 0 bridgehead atoms. The molecule has 1 heterocycles. The maximum Gasteiger partial charge on any atom is 0.240 e. The largest absolute Gasteiger partial charge is 0.508 e. The van der Waals surface area contributed by atoms with E-state index in [4.69, 9.17) is 5.73 Å². The predicted molar refractivity (Wildman–Crippen MR) is 63.4 cm³/mol. The molecule has 3 N–H and O–H groups in total. The number of amides is 2. The normalized spacial score (nSPS) is 18.8. The first kappa shape index (κ1) is 11.4. The van der Waals surface area contributed by atoms with Gasteiger partial charge in [-0.25, -0.2) is 4.90 Å². The van der Waals surface area contributed by atoms with Crippen LogP contribution in [0.4, 0.5) is 11.4 Å². The summed E-state index contributed by atoms with van der Waals surface area (Å²) in [6, 6.07) is 4.20. The Balaban J connectivity index is 2.48. The molecule has 5 heteroatoms. The summed E-state index contributed by atoms with van der Waals surface area (Å²) < 4.78 is 0. The Morgan fingerprint density at radius 2 is 2.00 bits per heavy atom. The molecule has 0 spiro atoms. The number of imide groups is 1. The van der Waals surface area contributed by atoms with Gasteiger partial charge in [0.1, 0.15) is 5.75 Å². The number of phenols is 1. The quantitative estimate of drug-likeness (QED) is 0.566. The standard InChI is InChI=1S/C12H14N2O3/c1-12(2)6-10(16)14(11(12)17)9-4-3-7(15)5-8(9)13/h3-5,15H,6,13H2,1-2H3. The zero-order chi connectivity index (χ0) is 12.8. The SMILES string of the molecule is CC1(C)CC(=O)N(c2ccc(O)cc2N)C1=O. The number of hydrogen-bond donors (Lipinski definition) is 2. The highest BCUT2D eigenvalue weighted by atomic mass is 16.3. The molecule has 0 aromatic heterocycles. The maximum atomic E-state index is 12.1. The van der Waals surface area contributed by atoms with Gasteiger partial charge >= 0.3 is 0 Å². The average Bonchev–Trinajstić information content (AvgIpc) is 2.39. The molecular weight excluding hydrogens is 220 g/mol. The summed E-state index contributed by atoms with van der Waals surface area (Å²) in [5.74, 6) is -0.526. The first-order chi connectivity index (χ1) is 7.83. The summed E-state index contributed by atoms with van der Waals surface area (Å²) in [5.41, 5.74) is 5.56. The molecule has 0 atom stereocenters. The molecule has 0 saturated carbocycles. The van der Waals surface area contributed by atoms with E-state index in [-0.39, 0.29) is 29.7 Å². The van der Waals surface area contributed by atoms with Gasteiger partial charge in [0, 0.05) is 12.5 Å². The van der Waals surface area contributed by atoms with Crippen molar-refractivity contribution < 1.29 is 14.7 Å². The molecule has 17 heavy (non-hydrogen) atoms. The third-order valence-electron chi connectivity index (χ3n) is 2.88. The Morgan fingerprint density at radius 3 is 2.47 bits per heavy atom. The Bertz CT molecular complexity index is 508. The number of anilines is 2. The smallest absolute Gasteiger partial charge is 0.240 e. The summed E-state index contributed by atoms with van der Waals surface area (Å²) in [5, 5.41) is 9.25. The summed E-state index contributed by atoms with van der Waals surface area (Å²) in [6.45, 7) is 3.45. The summed E-state index contributed by atoms with van der Waals surface area (Å²) >= 11 is 0. The van der Waals surface area contributed by atoms with Crippen LogP contribution in [0.15, 0.2) is 18.2 Å². The molecule has 1 aromatic rings. The van der Waals surface area contributed by atoms with Crippen LogP contribution in [-0.4, -0.2) is 16.9 Å². The van der Waals surface area contributed by atoms with E-state index in [2.05, 4.69) is 0 Å². The Hall–Kier alpha value is -2.04. The van der Waals surface area contributed by atoms with Crippen molar-refractivity contribution in [2.45, 2.75) is 20.3 Å². The zero-order valence-electron chi connectivity index (χ0n) is 9.73. The minimum absolute atomic E-state index is 0.00426. The minimum Gasteiger partial charge on any atom is -0.508 e. The van der Waals surface area contributed by atoms with E-state index >= 15 is 0 Å². The van der Waals surface area contributed by atoms with Crippen molar-refractivity contribution in [2.75, 3.05) is 10.6 Å². The van der Waals surface area contributed by atoms with E-state index in [1.807, 2.05) is 0 Å². The number of benzene rings is 1. The van der Waals surface area contributed by atoms with Gasteiger partial charge in [0.05, 0.1) is 16.8 Å². The molecule has 1 saturated heterocycles. The lowest BCUT2D eigenvalue weighted by Crippen LogP contribution is -2.33. The van der Waals surface area contributed by atoms with Gasteiger partial charge in [-0.05, 0) is 12.1 Å². The van der Waals surface area contributed by atoms with E-state index < -0.39 is 5.41 Å². The van der Waals surface area contributed by atoms with E-state index in [1.165, 1.54) is 18.2 Å². The zero-order valence-corrected chi connectivity index (χ0v) is 9.73. The molecule has 2 rings (SSSR count).